The number of likely N-dealkylation sites (N-methyl/N-ethyl adjacent to an activating group) is 1. The Kier molecular flexibility index (Phi) is 5.30. The number of amidine groups is 1. The maximum Gasteiger partial charge on any atom is 0.416 e. The molecule has 1 unspecified atom stereocenters. The van der Waals surface area contributed by atoms with Crippen LogP contribution in [0.1, 0.15) is 33.0 Å². The Labute approximate surface area is 177 Å². The van der Waals surface area contributed by atoms with E-state index in [1.54, 1.807) is 25.2 Å². The second-order valence-electron chi connectivity index (χ2n) is 7.72. The van der Waals surface area contributed by atoms with Crippen molar-refractivity contribution in [1.29, 1.82) is 10.8 Å². The van der Waals surface area contributed by atoms with Crippen LogP contribution >= 0.6 is 0 Å². The van der Waals surface area contributed by atoms with E-state index in [-0.39, 0.29) is 35.3 Å². The van der Waals surface area contributed by atoms with Gasteiger partial charge in [0.1, 0.15) is 5.84 Å². The molecular formula is C22H21F3N4O2. The first kappa shape index (κ1) is 21.0. The molecule has 6 nitrogen and oxygen atoms in total. The third-order valence-electron chi connectivity index (χ3n) is 5.82. The zero-order valence-corrected chi connectivity index (χ0v) is 16.7. The summed E-state index contributed by atoms with van der Waals surface area (Å²) in [6.45, 7) is 0.792. The lowest BCUT2D eigenvalue weighted by atomic mass is 9.83. The smallest absolute Gasteiger partial charge is 0.381 e. The van der Waals surface area contributed by atoms with E-state index in [4.69, 9.17) is 15.6 Å². The SMILES string of the molecule is CN(C=N)C(=N)C(c1cccc(N2Cc3c(cccc3C(F)(F)F)C2=O)c1)C1COC1. The number of halogens is 3. The van der Waals surface area contributed by atoms with E-state index in [0.717, 1.165) is 18.0 Å². The molecule has 0 spiro atoms. The van der Waals surface area contributed by atoms with Crippen LogP contribution in [0.4, 0.5) is 18.9 Å². The van der Waals surface area contributed by atoms with Gasteiger partial charge in [-0.2, -0.15) is 13.2 Å². The molecular weight excluding hydrogens is 409 g/mol. The van der Waals surface area contributed by atoms with Crippen LogP contribution < -0.4 is 4.90 Å². The average Bonchev–Trinajstić information content (AvgIpc) is 3.05. The van der Waals surface area contributed by atoms with Gasteiger partial charge in [-0.15, -0.1) is 0 Å². The van der Waals surface area contributed by atoms with Crippen molar-refractivity contribution in [3.8, 4) is 0 Å². The van der Waals surface area contributed by atoms with Gasteiger partial charge in [-0.25, -0.2) is 0 Å². The molecule has 0 bridgehead atoms. The van der Waals surface area contributed by atoms with Gasteiger partial charge in [-0.1, -0.05) is 18.2 Å². The van der Waals surface area contributed by atoms with E-state index in [1.807, 2.05) is 6.07 Å². The van der Waals surface area contributed by atoms with E-state index in [1.165, 1.54) is 21.9 Å². The van der Waals surface area contributed by atoms with Crippen molar-refractivity contribution in [3.63, 3.8) is 0 Å². The molecule has 1 saturated heterocycles. The molecule has 1 fully saturated rings. The molecule has 2 aromatic rings. The molecule has 2 heterocycles. The molecule has 0 aliphatic carbocycles. The summed E-state index contributed by atoms with van der Waals surface area (Å²) in [6.07, 6.45) is -3.48. The molecule has 0 aromatic heterocycles. The monoisotopic (exact) mass is 430 g/mol. The number of nitrogens with zero attached hydrogens (tertiary/aromatic N) is 2. The quantitative estimate of drug-likeness (QED) is 0.553. The lowest BCUT2D eigenvalue weighted by Crippen LogP contribution is -2.41. The minimum Gasteiger partial charge on any atom is -0.381 e. The summed E-state index contributed by atoms with van der Waals surface area (Å²) in [6, 6.07) is 10.6. The van der Waals surface area contributed by atoms with Gasteiger partial charge in [0.25, 0.3) is 5.91 Å². The van der Waals surface area contributed by atoms with Crippen LogP contribution in [0.3, 0.4) is 0 Å². The predicted octanol–water partition coefficient (Wildman–Crippen LogP) is 4.11. The van der Waals surface area contributed by atoms with E-state index in [9.17, 15) is 18.0 Å². The highest BCUT2D eigenvalue weighted by atomic mass is 19.4. The molecule has 2 aliphatic heterocycles. The summed E-state index contributed by atoms with van der Waals surface area (Å²) in [4.78, 5) is 15.6. The summed E-state index contributed by atoms with van der Waals surface area (Å²) in [7, 11) is 1.62. The van der Waals surface area contributed by atoms with Gasteiger partial charge >= 0.3 is 6.18 Å². The van der Waals surface area contributed by atoms with Crippen molar-refractivity contribution in [2.24, 2.45) is 5.92 Å². The highest BCUT2D eigenvalue weighted by Crippen LogP contribution is 2.39. The summed E-state index contributed by atoms with van der Waals surface area (Å²) in [5.74, 6) is -0.566. The van der Waals surface area contributed by atoms with Gasteiger partial charge in [-0.05, 0) is 35.4 Å². The molecule has 162 valence electrons. The van der Waals surface area contributed by atoms with Gasteiger partial charge in [0, 0.05) is 30.1 Å². The van der Waals surface area contributed by atoms with Crippen molar-refractivity contribution in [2.45, 2.75) is 18.6 Å². The Bertz CT molecular complexity index is 1050. The fraction of sp³-hybridized carbons (Fsp3) is 0.318. The van der Waals surface area contributed by atoms with Crippen LogP contribution in [0.2, 0.25) is 0 Å². The predicted molar refractivity (Wildman–Crippen MR) is 110 cm³/mol. The number of carbonyl (C=O) groups excluding carboxylic acids is 1. The number of amides is 1. The van der Waals surface area contributed by atoms with Crippen molar-refractivity contribution < 1.29 is 22.7 Å². The highest BCUT2D eigenvalue weighted by molar-refractivity contribution is 6.10. The fourth-order valence-electron chi connectivity index (χ4n) is 4.08. The lowest BCUT2D eigenvalue weighted by molar-refractivity contribution is -0.138. The van der Waals surface area contributed by atoms with Crippen LogP contribution in [0.15, 0.2) is 42.5 Å². The van der Waals surface area contributed by atoms with E-state index in [2.05, 4.69) is 0 Å². The van der Waals surface area contributed by atoms with Crippen molar-refractivity contribution >= 4 is 23.8 Å². The molecule has 0 radical (unpaired) electrons. The number of nitrogens with one attached hydrogen (secondary N) is 2. The third-order valence-corrected chi connectivity index (χ3v) is 5.82. The highest BCUT2D eigenvalue weighted by Gasteiger charge is 2.40. The molecule has 1 atom stereocenters. The molecule has 1 amide bonds. The molecule has 2 aromatic carbocycles. The van der Waals surface area contributed by atoms with Crippen LogP contribution in [0.25, 0.3) is 0 Å². The van der Waals surface area contributed by atoms with E-state index in [0.29, 0.717) is 18.9 Å². The second-order valence-corrected chi connectivity index (χ2v) is 7.72. The Balaban J connectivity index is 1.69. The molecule has 2 aliphatic rings. The van der Waals surface area contributed by atoms with Gasteiger partial charge in [0.15, 0.2) is 0 Å². The van der Waals surface area contributed by atoms with Crippen LogP contribution in [-0.2, 0) is 17.5 Å². The molecule has 4 rings (SSSR count). The van der Waals surface area contributed by atoms with Gasteiger partial charge in [0.2, 0.25) is 0 Å². The van der Waals surface area contributed by atoms with Crippen LogP contribution in [0.5, 0.6) is 0 Å². The Morgan fingerprint density at radius 1 is 1.26 bits per heavy atom. The Morgan fingerprint density at radius 2 is 1.97 bits per heavy atom. The number of benzene rings is 2. The van der Waals surface area contributed by atoms with E-state index >= 15 is 0 Å². The van der Waals surface area contributed by atoms with Crippen molar-refractivity contribution in [3.05, 3.63) is 64.7 Å². The maximum atomic E-state index is 13.4. The van der Waals surface area contributed by atoms with Crippen molar-refractivity contribution in [1.82, 2.24) is 4.90 Å². The van der Waals surface area contributed by atoms with Crippen LogP contribution in [-0.4, -0.2) is 43.2 Å². The van der Waals surface area contributed by atoms with Gasteiger partial charge in [0.05, 0.1) is 31.7 Å². The lowest BCUT2D eigenvalue weighted by Gasteiger charge is -2.36. The standard InChI is InChI=1S/C22H21F3N4O2/c1-28(12-26)20(27)19(14-10-31-11-14)13-4-2-5-15(8-13)29-9-17-16(21(29)30)6-3-7-18(17)22(23,24)25/h2-8,12,14,19,26-27H,9-11H2,1H3. The average molecular weight is 430 g/mol. The fourth-order valence-corrected chi connectivity index (χ4v) is 4.08. The maximum absolute atomic E-state index is 13.4. The zero-order chi connectivity index (χ0) is 22.3. The molecule has 2 N–H and O–H groups in total. The summed E-state index contributed by atoms with van der Waals surface area (Å²) < 4.78 is 45.5. The topological polar surface area (TPSA) is 80.5 Å². The van der Waals surface area contributed by atoms with Crippen LogP contribution in [0, 0.1) is 16.7 Å². The van der Waals surface area contributed by atoms with Gasteiger partial charge in [-0.3, -0.25) is 15.6 Å². The number of ether oxygens (including phenoxy) is 1. The number of hydrogen-bond acceptors (Lipinski definition) is 4. The Morgan fingerprint density at radius 3 is 2.58 bits per heavy atom. The second kappa shape index (κ2) is 7.81. The summed E-state index contributed by atoms with van der Waals surface area (Å²) in [5, 5.41) is 15.9. The first-order valence-electron chi connectivity index (χ1n) is 9.73. The van der Waals surface area contributed by atoms with Crippen molar-refractivity contribution in [2.75, 3.05) is 25.2 Å². The third kappa shape index (κ3) is 3.69. The summed E-state index contributed by atoms with van der Waals surface area (Å²) >= 11 is 0. The zero-order valence-electron chi connectivity index (χ0n) is 16.7. The number of alkyl halides is 3. The normalized spacial score (nSPS) is 17.2. The molecule has 9 heteroatoms. The molecule has 0 saturated carbocycles. The number of hydrogen-bond donors (Lipinski definition) is 2. The molecule has 31 heavy (non-hydrogen) atoms. The number of rotatable bonds is 5. The largest absolute Gasteiger partial charge is 0.416 e. The first-order chi connectivity index (χ1) is 14.7. The minimum atomic E-state index is -4.54. The van der Waals surface area contributed by atoms with Gasteiger partial charge < -0.3 is 14.5 Å². The minimum absolute atomic E-state index is 0.0226. The van der Waals surface area contributed by atoms with E-state index < -0.39 is 17.6 Å². The number of anilines is 1. The summed E-state index contributed by atoms with van der Waals surface area (Å²) in [5.41, 5.74) is 0.466. The number of carbonyl (C=O) groups is 1. The Hall–Kier alpha value is -3.20. The first-order valence-corrected chi connectivity index (χ1v) is 9.73. The number of fused-ring (bicyclic) bond motifs is 1.